The summed E-state index contributed by atoms with van der Waals surface area (Å²) in [4.78, 5) is 13.2. The van der Waals surface area contributed by atoms with Gasteiger partial charge in [0.1, 0.15) is 17.2 Å². The maximum atomic E-state index is 6.31. The van der Waals surface area contributed by atoms with Gasteiger partial charge in [0.2, 0.25) is 0 Å². The van der Waals surface area contributed by atoms with E-state index in [1.54, 1.807) is 0 Å². The first-order valence-electron chi connectivity index (χ1n) is 9.00. The zero-order valence-electron chi connectivity index (χ0n) is 14.5. The molecule has 1 spiro atoms. The number of aromatic nitrogens is 2. The third-order valence-corrected chi connectivity index (χ3v) is 6.31. The lowest BCUT2D eigenvalue weighted by Gasteiger charge is -2.44. The van der Waals surface area contributed by atoms with Gasteiger partial charge in [0, 0.05) is 36.1 Å². The van der Waals surface area contributed by atoms with Crippen LogP contribution in [0.15, 0.2) is 17.5 Å². The maximum absolute atomic E-state index is 6.31. The molecule has 4 nitrogen and oxygen atoms in total. The fourth-order valence-electron chi connectivity index (χ4n) is 3.93. The van der Waals surface area contributed by atoms with Gasteiger partial charge in [-0.15, -0.1) is 11.3 Å². The molecule has 0 radical (unpaired) electrons. The average molecular weight is 343 g/mol. The summed E-state index contributed by atoms with van der Waals surface area (Å²) in [6.07, 6.45) is 5.20. The molecule has 2 aliphatic heterocycles. The van der Waals surface area contributed by atoms with Crippen molar-refractivity contribution in [1.29, 1.82) is 0 Å². The predicted octanol–water partition coefficient (Wildman–Crippen LogP) is 3.87. The van der Waals surface area contributed by atoms with E-state index in [9.17, 15) is 0 Å². The van der Waals surface area contributed by atoms with Gasteiger partial charge in [0.25, 0.3) is 0 Å². The Hall–Kier alpha value is -1.46. The molecule has 0 amide bonds. The molecular formula is C19H25N3OS. The first kappa shape index (κ1) is 16.0. The minimum Gasteiger partial charge on any atom is -0.369 e. The summed E-state index contributed by atoms with van der Waals surface area (Å²) in [6.45, 7) is 7.10. The standard InChI is InChI=1S/C19H25N3OS/c1-3-4-16-20-14(2)13-17(21-16)22-9-7-19(8-10-22)18-15(5-11-23-19)6-12-24-18/h6,12-13H,3-5,7-11H2,1-2H3. The minimum atomic E-state index is -0.0490. The van der Waals surface area contributed by atoms with Gasteiger partial charge in [-0.3, -0.25) is 0 Å². The molecule has 0 N–H and O–H groups in total. The van der Waals surface area contributed by atoms with Gasteiger partial charge >= 0.3 is 0 Å². The molecule has 24 heavy (non-hydrogen) atoms. The van der Waals surface area contributed by atoms with E-state index in [1.807, 2.05) is 11.3 Å². The molecule has 2 aromatic rings. The third kappa shape index (κ3) is 2.84. The highest BCUT2D eigenvalue weighted by atomic mass is 32.1. The fourth-order valence-corrected chi connectivity index (χ4v) is 5.10. The topological polar surface area (TPSA) is 38.2 Å². The molecule has 0 aromatic carbocycles. The van der Waals surface area contributed by atoms with Gasteiger partial charge in [-0.05, 0) is 49.6 Å². The van der Waals surface area contributed by atoms with Crippen LogP contribution in [-0.4, -0.2) is 29.7 Å². The second kappa shape index (κ2) is 6.45. The van der Waals surface area contributed by atoms with Gasteiger partial charge in [0.05, 0.1) is 6.61 Å². The van der Waals surface area contributed by atoms with Crippen LogP contribution >= 0.6 is 11.3 Å². The molecule has 1 saturated heterocycles. The summed E-state index contributed by atoms with van der Waals surface area (Å²) in [5.41, 5.74) is 2.52. The van der Waals surface area contributed by atoms with E-state index in [4.69, 9.17) is 9.72 Å². The number of fused-ring (bicyclic) bond motifs is 2. The zero-order chi connectivity index (χ0) is 16.6. The lowest BCUT2D eigenvalue weighted by Crippen LogP contribution is -2.46. The number of ether oxygens (including phenoxy) is 1. The van der Waals surface area contributed by atoms with E-state index in [0.29, 0.717) is 0 Å². The number of nitrogens with zero attached hydrogens (tertiary/aromatic N) is 3. The summed E-state index contributed by atoms with van der Waals surface area (Å²) < 4.78 is 6.31. The first-order valence-corrected chi connectivity index (χ1v) is 9.88. The van der Waals surface area contributed by atoms with Crippen LogP contribution in [0.2, 0.25) is 0 Å². The predicted molar refractivity (Wildman–Crippen MR) is 97.9 cm³/mol. The third-order valence-electron chi connectivity index (χ3n) is 5.17. The van der Waals surface area contributed by atoms with E-state index >= 15 is 0 Å². The summed E-state index contributed by atoms with van der Waals surface area (Å²) in [7, 11) is 0. The van der Waals surface area contributed by atoms with E-state index in [2.05, 4.69) is 41.2 Å². The molecule has 4 rings (SSSR count). The number of hydrogen-bond donors (Lipinski definition) is 0. The molecule has 0 saturated carbocycles. The number of aryl methyl sites for hydroxylation is 2. The molecule has 2 aliphatic rings. The van der Waals surface area contributed by atoms with E-state index in [1.165, 1.54) is 10.4 Å². The lowest BCUT2D eigenvalue weighted by atomic mass is 9.85. The molecule has 0 bridgehead atoms. The van der Waals surface area contributed by atoms with Crippen LogP contribution in [0.4, 0.5) is 5.82 Å². The Morgan fingerprint density at radius 2 is 2.12 bits per heavy atom. The Bertz CT molecular complexity index is 719. The first-order chi connectivity index (χ1) is 11.7. The summed E-state index contributed by atoms with van der Waals surface area (Å²) in [6, 6.07) is 4.40. The van der Waals surface area contributed by atoms with Crippen molar-refractivity contribution < 1.29 is 4.74 Å². The van der Waals surface area contributed by atoms with Gasteiger partial charge < -0.3 is 9.64 Å². The Morgan fingerprint density at radius 3 is 2.92 bits per heavy atom. The van der Waals surface area contributed by atoms with Crippen LogP contribution in [-0.2, 0) is 23.2 Å². The molecule has 128 valence electrons. The molecule has 0 aliphatic carbocycles. The molecule has 0 unspecified atom stereocenters. The number of hydrogen-bond acceptors (Lipinski definition) is 5. The van der Waals surface area contributed by atoms with Crippen molar-refractivity contribution in [1.82, 2.24) is 9.97 Å². The molecule has 4 heterocycles. The van der Waals surface area contributed by atoms with Crippen LogP contribution in [0.25, 0.3) is 0 Å². The maximum Gasteiger partial charge on any atom is 0.132 e. The monoisotopic (exact) mass is 343 g/mol. The smallest absolute Gasteiger partial charge is 0.132 e. The van der Waals surface area contributed by atoms with E-state index in [-0.39, 0.29) is 5.60 Å². The van der Waals surface area contributed by atoms with Gasteiger partial charge in [-0.1, -0.05) is 6.92 Å². The van der Waals surface area contributed by atoms with Crippen LogP contribution in [0.3, 0.4) is 0 Å². The summed E-state index contributed by atoms with van der Waals surface area (Å²) in [5.74, 6) is 2.06. The summed E-state index contributed by atoms with van der Waals surface area (Å²) >= 11 is 1.87. The lowest BCUT2D eigenvalue weighted by molar-refractivity contribution is -0.0735. The molecule has 1 fully saturated rings. The fraction of sp³-hybridized carbons (Fsp3) is 0.579. The van der Waals surface area contributed by atoms with Gasteiger partial charge in [-0.2, -0.15) is 0 Å². The second-order valence-electron chi connectivity index (χ2n) is 6.89. The van der Waals surface area contributed by atoms with Crippen molar-refractivity contribution in [3.63, 3.8) is 0 Å². The molecule has 0 atom stereocenters. The van der Waals surface area contributed by atoms with Crippen LogP contribution in [0.5, 0.6) is 0 Å². The number of rotatable bonds is 3. The van der Waals surface area contributed by atoms with Crippen molar-refractivity contribution in [2.75, 3.05) is 24.6 Å². The minimum absolute atomic E-state index is 0.0490. The SMILES string of the molecule is CCCc1nc(C)cc(N2CCC3(CC2)OCCc2ccsc23)n1. The van der Waals surface area contributed by atoms with Crippen molar-refractivity contribution in [3.05, 3.63) is 39.5 Å². The van der Waals surface area contributed by atoms with E-state index in [0.717, 1.165) is 69.1 Å². The van der Waals surface area contributed by atoms with Crippen LogP contribution < -0.4 is 4.90 Å². The van der Waals surface area contributed by atoms with Gasteiger partial charge in [-0.25, -0.2) is 9.97 Å². The van der Waals surface area contributed by atoms with Crippen molar-refractivity contribution in [2.45, 2.75) is 51.6 Å². The normalized spacial score (nSPS) is 19.5. The average Bonchev–Trinajstić information content (AvgIpc) is 3.06. The van der Waals surface area contributed by atoms with Crippen molar-refractivity contribution in [2.24, 2.45) is 0 Å². The highest BCUT2D eigenvalue weighted by Crippen LogP contribution is 2.44. The van der Waals surface area contributed by atoms with Crippen molar-refractivity contribution >= 4 is 17.2 Å². The largest absolute Gasteiger partial charge is 0.369 e. The number of thiophene rings is 1. The quantitative estimate of drug-likeness (QED) is 0.848. The number of anilines is 1. The van der Waals surface area contributed by atoms with Gasteiger partial charge in [0.15, 0.2) is 0 Å². The zero-order valence-corrected chi connectivity index (χ0v) is 15.4. The Morgan fingerprint density at radius 1 is 1.29 bits per heavy atom. The molecule has 5 heteroatoms. The molecule has 2 aromatic heterocycles. The Kier molecular flexibility index (Phi) is 4.31. The van der Waals surface area contributed by atoms with Crippen LogP contribution in [0, 0.1) is 6.92 Å². The Balaban J connectivity index is 1.53. The summed E-state index contributed by atoms with van der Waals surface area (Å²) in [5, 5.41) is 2.22. The van der Waals surface area contributed by atoms with Crippen molar-refractivity contribution in [3.8, 4) is 0 Å². The van der Waals surface area contributed by atoms with Crippen LogP contribution in [0.1, 0.15) is 48.1 Å². The molecular weight excluding hydrogens is 318 g/mol. The highest BCUT2D eigenvalue weighted by Gasteiger charge is 2.42. The van der Waals surface area contributed by atoms with E-state index < -0.39 is 0 Å². The Labute approximate surface area is 147 Å². The number of piperidine rings is 1. The second-order valence-corrected chi connectivity index (χ2v) is 7.80. The highest BCUT2D eigenvalue weighted by molar-refractivity contribution is 7.10.